The van der Waals surface area contributed by atoms with Gasteiger partial charge in [-0.15, -0.1) is 11.3 Å². The van der Waals surface area contributed by atoms with E-state index < -0.39 is 0 Å². The molecule has 2 aromatic heterocycles. The van der Waals surface area contributed by atoms with Gasteiger partial charge in [0.1, 0.15) is 5.01 Å². The van der Waals surface area contributed by atoms with Crippen LogP contribution in [0.25, 0.3) is 10.2 Å². The van der Waals surface area contributed by atoms with Gasteiger partial charge in [-0.05, 0) is 30.7 Å². The van der Waals surface area contributed by atoms with E-state index in [1.54, 1.807) is 11.3 Å². The molecular formula is C15H15N3S. The summed E-state index contributed by atoms with van der Waals surface area (Å²) in [5.41, 5.74) is 3.34. The summed E-state index contributed by atoms with van der Waals surface area (Å²) in [6, 6.07) is 12.4. The number of aryl methyl sites for hydroxylation is 1. The summed E-state index contributed by atoms with van der Waals surface area (Å²) in [7, 11) is 0. The maximum absolute atomic E-state index is 4.60. The van der Waals surface area contributed by atoms with Crippen molar-refractivity contribution in [2.24, 2.45) is 0 Å². The number of thiazole rings is 1. The molecule has 0 aliphatic rings. The first kappa shape index (κ1) is 12.3. The molecule has 0 unspecified atom stereocenters. The first-order valence-electron chi connectivity index (χ1n) is 6.28. The highest BCUT2D eigenvalue weighted by Crippen LogP contribution is 2.21. The molecule has 1 aromatic carbocycles. The highest BCUT2D eigenvalue weighted by Gasteiger charge is 2.02. The molecule has 96 valence electrons. The number of hydrogen-bond acceptors (Lipinski definition) is 4. The van der Waals surface area contributed by atoms with Gasteiger partial charge in [-0.25, -0.2) is 4.98 Å². The van der Waals surface area contributed by atoms with Crippen LogP contribution in [-0.4, -0.2) is 9.97 Å². The fourth-order valence-electron chi connectivity index (χ4n) is 1.91. The lowest BCUT2D eigenvalue weighted by Gasteiger charge is -2.02. The minimum Gasteiger partial charge on any atom is -0.306 e. The number of fused-ring (bicyclic) bond motifs is 1. The van der Waals surface area contributed by atoms with Gasteiger partial charge in [0.05, 0.1) is 10.2 Å². The average Bonchev–Trinajstić information content (AvgIpc) is 2.83. The number of nitrogens with one attached hydrogen (secondary N) is 1. The Kier molecular flexibility index (Phi) is 3.53. The summed E-state index contributed by atoms with van der Waals surface area (Å²) in [4.78, 5) is 8.88. The van der Waals surface area contributed by atoms with E-state index in [2.05, 4.69) is 39.6 Å². The Labute approximate surface area is 116 Å². The smallest absolute Gasteiger partial charge is 0.108 e. The molecule has 2 heterocycles. The van der Waals surface area contributed by atoms with E-state index in [9.17, 15) is 0 Å². The molecule has 0 aliphatic heterocycles. The van der Waals surface area contributed by atoms with Crippen LogP contribution in [0.5, 0.6) is 0 Å². The van der Waals surface area contributed by atoms with Gasteiger partial charge < -0.3 is 5.32 Å². The fourth-order valence-corrected chi connectivity index (χ4v) is 2.85. The standard InChI is InChI=1S/C15H15N3S/c1-11-6-7-12(9-17-11)8-16-10-15-18-13-4-2-3-5-14(13)19-15/h2-7,9,16H,8,10H2,1H3. The number of aromatic nitrogens is 2. The van der Waals surface area contributed by atoms with Crippen molar-refractivity contribution in [2.45, 2.75) is 20.0 Å². The van der Waals surface area contributed by atoms with Gasteiger partial charge in [-0.2, -0.15) is 0 Å². The van der Waals surface area contributed by atoms with E-state index in [-0.39, 0.29) is 0 Å². The summed E-state index contributed by atoms with van der Waals surface area (Å²) in [5.74, 6) is 0. The molecule has 1 N–H and O–H groups in total. The van der Waals surface area contributed by atoms with Crippen LogP contribution < -0.4 is 5.32 Å². The maximum Gasteiger partial charge on any atom is 0.108 e. The Balaban J connectivity index is 1.61. The molecular weight excluding hydrogens is 254 g/mol. The zero-order chi connectivity index (χ0) is 13.1. The lowest BCUT2D eigenvalue weighted by atomic mass is 10.2. The van der Waals surface area contributed by atoms with Crippen molar-refractivity contribution in [3.05, 3.63) is 58.9 Å². The van der Waals surface area contributed by atoms with E-state index in [0.717, 1.165) is 29.3 Å². The van der Waals surface area contributed by atoms with Crippen LogP contribution in [-0.2, 0) is 13.1 Å². The maximum atomic E-state index is 4.60. The van der Waals surface area contributed by atoms with Gasteiger partial charge in [0, 0.05) is 25.0 Å². The number of para-hydroxylation sites is 1. The number of rotatable bonds is 4. The Bertz CT molecular complexity index is 640. The quantitative estimate of drug-likeness (QED) is 0.789. The molecule has 0 saturated heterocycles. The second-order valence-corrected chi connectivity index (χ2v) is 5.60. The second kappa shape index (κ2) is 5.47. The van der Waals surface area contributed by atoms with Crippen LogP contribution in [0.1, 0.15) is 16.3 Å². The van der Waals surface area contributed by atoms with Gasteiger partial charge in [0.25, 0.3) is 0 Å². The van der Waals surface area contributed by atoms with Crippen molar-refractivity contribution in [3.63, 3.8) is 0 Å². The van der Waals surface area contributed by atoms with Gasteiger partial charge in [-0.1, -0.05) is 18.2 Å². The molecule has 0 saturated carbocycles. The third-order valence-corrected chi connectivity index (χ3v) is 3.95. The lowest BCUT2D eigenvalue weighted by Crippen LogP contribution is -2.12. The highest BCUT2D eigenvalue weighted by molar-refractivity contribution is 7.18. The molecule has 0 bridgehead atoms. The molecule has 3 nitrogen and oxygen atoms in total. The van der Waals surface area contributed by atoms with E-state index >= 15 is 0 Å². The summed E-state index contributed by atoms with van der Waals surface area (Å²) in [5, 5.41) is 4.53. The van der Waals surface area contributed by atoms with Crippen molar-refractivity contribution in [1.82, 2.24) is 15.3 Å². The zero-order valence-corrected chi connectivity index (χ0v) is 11.6. The summed E-state index contributed by atoms with van der Waals surface area (Å²) < 4.78 is 1.25. The number of hydrogen-bond donors (Lipinski definition) is 1. The molecule has 0 spiro atoms. The SMILES string of the molecule is Cc1ccc(CNCc2nc3ccccc3s2)cn1. The van der Waals surface area contributed by atoms with Crippen LogP contribution in [0.2, 0.25) is 0 Å². The molecule has 3 rings (SSSR count). The molecule has 19 heavy (non-hydrogen) atoms. The van der Waals surface area contributed by atoms with Crippen LogP contribution in [0.15, 0.2) is 42.6 Å². The third kappa shape index (κ3) is 2.97. The Morgan fingerprint density at radius 1 is 1.11 bits per heavy atom. The molecule has 0 fully saturated rings. The van der Waals surface area contributed by atoms with Gasteiger partial charge in [0.2, 0.25) is 0 Å². The van der Waals surface area contributed by atoms with E-state index in [0.29, 0.717) is 0 Å². The lowest BCUT2D eigenvalue weighted by molar-refractivity contribution is 0.688. The molecule has 0 radical (unpaired) electrons. The van der Waals surface area contributed by atoms with Crippen LogP contribution >= 0.6 is 11.3 Å². The number of benzene rings is 1. The predicted octanol–water partition coefficient (Wildman–Crippen LogP) is 3.29. The predicted molar refractivity (Wildman–Crippen MR) is 79.1 cm³/mol. The zero-order valence-electron chi connectivity index (χ0n) is 10.8. The third-order valence-electron chi connectivity index (χ3n) is 2.92. The molecule has 0 atom stereocenters. The van der Waals surface area contributed by atoms with Gasteiger partial charge >= 0.3 is 0 Å². The average molecular weight is 269 g/mol. The normalized spacial score (nSPS) is 11.0. The monoisotopic (exact) mass is 269 g/mol. The molecule has 3 aromatic rings. The van der Waals surface area contributed by atoms with Gasteiger partial charge in [0.15, 0.2) is 0 Å². The number of nitrogens with zero attached hydrogens (tertiary/aromatic N) is 2. The van der Waals surface area contributed by atoms with Gasteiger partial charge in [-0.3, -0.25) is 4.98 Å². The molecule has 0 amide bonds. The number of pyridine rings is 1. The first-order chi connectivity index (χ1) is 9.31. The minimum atomic E-state index is 0.799. The highest BCUT2D eigenvalue weighted by atomic mass is 32.1. The van der Waals surface area contributed by atoms with E-state index in [1.165, 1.54) is 10.3 Å². The topological polar surface area (TPSA) is 37.8 Å². The second-order valence-electron chi connectivity index (χ2n) is 4.49. The minimum absolute atomic E-state index is 0.799. The van der Waals surface area contributed by atoms with Crippen LogP contribution in [0.4, 0.5) is 0 Å². The Morgan fingerprint density at radius 3 is 2.79 bits per heavy atom. The van der Waals surface area contributed by atoms with E-state index in [4.69, 9.17) is 0 Å². The molecule has 4 heteroatoms. The summed E-state index contributed by atoms with van der Waals surface area (Å²) in [6.07, 6.45) is 1.92. The summed E-state index contributed by atoms with van der Waals surface area (Å²) >= 11 is 1.75. The fraction of sp³-hybridized carbons (Fsp3) is 0.200. The first-order valence-corrected chi connectivity index (χ1v) is 7.09. The van der Waals surface area contributed by atoms with E-state index in [1.807, 2.05) is 25.3 Å². The van der Waals surface area contributed by atoms with Crippen molar-refractivity contribution >= 4 is 21.6 Å². The Hall–Kier alpha value is -1.78. The Morgan fingerprint density at radius 2 is 2.00 bits per heavy atom. The van der Waals surface area contributed by atoms with Crippen molar-refractivity contribution < 1.29 is 0 Å². The molecule has 0 aliphatic carbocycles. The summed E-state index contributed by atoms with van der Waals surface area (Å²) in [6.45, 7) is 3.62. The van der Waals surface area contributed by atoms with Crippen LogP contribution in [0.3, 0.4) is 0 Å². The van der Waals surface area contributed by atoms with Crippen molar-refractivity contribution in [1.29, 1.82) is 0 Å². The largest absolute Gasteiger partial charge is 0.306 e. The van der Waals surface area contributed by atoms with Crippen LogP contribution in [0, 0.1) is 6.92 Å². The van der Waals surface area contributed by atoms with Crippen molar-refractivity contribution in [2.75, 3.05) is 0 Å². The van der Waals surface area contributed by atoms with Crippen molar-refractivity contribution in [3.8, 4) is 0 Å².